The first-order valence-corrected chi connectivity index (χ1v) is 5.42. The van der Waals surface area contributed by atoms with Gasteiger partial charge in [-0.15, -0.1) is 0 Å². The van der Waals surface area contributed by atoms with E-state index in [2.05, 4.69) is 31.2 Å². The molecule has 2 aliphatic rings. The van der Waals surface area contributed by atoms with Crippen LogP contribution in [0.15, 0.2) is 47.7 Å². The molecule has 3 heteroatoms. The second-order valence-electron chi connectivity index (χ2n) is 4.56. The van der Waals surface area contributed by atoms with E-state index in [-0.39, 0.29) is 6.04 Å². The molecule has 1 aliphatic heterocycles. The van der Waals surface area contributed by atoms with E-state index in [1.807, 2.05) is 24.3 Å². The first kappa shape index (κ1) is 11.2. The average molecular weight is 218 g/mol. The van der Waals surface area contributed by atoms with Crippen LogP contribution >= 0.6 is 0 Å². The molecule has 0 aromatic heterocycles. The number of hydrogen-bond donors (Lipinski definition) is 1. The van der Waals surface area contributed by atoms with Crippen molar-refractivity contribution in [1.82, 2.24) is 5.06 Å². The van der Waals surface area contributed by atoms with Crippen molar-refractivity contribution in [1.29, 1.82) is 0 Å². The molecule has 1 heterocycles. The smallest absolute Gasteiger partial charge is 0.0990 e. The Morgan fingerprint density at radius 2 is 2.25 bits per heavy atom. The van der Waals surface area contributed by atoms with E-state index in [9.17, 15) is 0 Å². The summed E-state index contributed by atoms with van der Waals surface area (Å²) in [5.41, 5.74) is 8.13. The highest BCUT2D eigenvalue weighted by molar-refractivity contribution is 5.44. The lowest BCUT2D eigenvalue weighted by Crippen LogP contribution is -2.31. The Kier molecular flexibility index (Phi) is 2.74. The van der Waals surface area contributed by atoms with Crippen molar-refractivity contribution in [3.05, 3.63) is 47.7 Å². The van der Waals surface area contributed by atoms with Crippen LogP contribution in [0.25, 0.3) is 0 Å². The molecule has 0 saturated carbocycles. The van der Waals surface area contributed by atoms with Gasteiger partial charge in [-0.05, 0) is 25.5 Å². The third-order valence-electron chi connectivity index (χ3n) is 2.82. The summed E-state index contributed by atoms with van der Waals surface area (Å²) in [5.74, 6) is 0. The molecule has 0 radical (unpaired) electrons. The molecular formula is C13H18N2O. The van der Waals surface area contributed by atoms with Gasteiger partial charge in [-0.3, -0.25) is 9.90 Å². The minimum absolute atomic E-state index is 0.121. The standard InChI is InChI=1S/C13H18N2O/c1-10-4-5-12-11(8-10)9-13(2,14)6-7-15(12)16-3/h4-9,12H,14H2,1-3H3. The van der Waals surface area contributed by atoms with Gasteiger partial charge < -0.3 is 5.73 Å². The normalized spacial score (nSPS) is 33.0. The van der Waals surface area contributed by atoms with Crippen molar-refractivity contribution in [3.8, 4) is 0 Å². The minimum atomic E-state index is -0.428. The van der Waals surface area contributed by atoms with E-state index >= 15 is 0 Å². The van der Waals surface area contributed by atoms with Crippen molar-refractivity contribution < 1.29 is 4.84 Å². The van der Waals surface area contributed by atoms with Gasteiger partial charge in [0.2, 0.25) is 0 Å². The summed E-state index contributed by atoms with van der Waals surface area (Å²) < 4.78 is 0. The molecule has 0 spiro atoms. The first-order chi connectivity index (χ1) is 7.52. The van der Waals surface area contributed by atoms with Crippen LogP contribution in [-0.4, -0.2) is 23.8 Å². The number of nitrogens with two attached hydrogens (primary N) is 1. The van der Waals surface area contributed by atoms with Gasteiger partial charge in [-0.25, -0.2) is 0 Å². The van der Waals surface area contributed by atoms with Gasteiger partial charge in [-0.2, -0.15) is 0 Å². The lowest BCUT2D eigenvalue weighted by molar-refractivity contribution is -0.0982. The van der Waals surface area contributed by atoms with Gasteiger partial charge in [0.25, 0.3) is 0 Å². The highest BCUT2D eigenvalue weighted by atomic mass is 16.7. The Balaban J connectivity index is 2.44. The SMILES string of the molecule is CON1C=CC(C)(N)C=C2C=C(C)C=CC21. The van der Waals surface area contributed by atoms with Gasteiger partial charge >= 0.3 is 0 Å². The summed E-state index contributed by atoms with van der Waals surface area (Å²) >= 11 is 0. The fraction of sp³-hybridized carbons (Fsp3) is 0.385. The fourth-order valence-electron chi connectivity index (χ4n) is 2.02. The molecule has 0 aromatic rings. The van der Waals surface area contributed by atoms with Crippen LogP contribution in [0.4, 0.5) is 0 Å². The number of fused-ring (bicyclic) bond motifs is 1. The van der Waals surface area contributed by atoms with Crippen molar-refractivity contribution >= 4 is 0 Å². The van der Waals surface area contributed by atoms with Crippen molar-refractivity contribution in [3.63, 3.8) is 0 Å². The quantitative estimate of drug-likeness (QED) is 0.730. The summed E-state index contributed by atoms with van der Waals surface area (Å²) in [6.45, 7) is 4.06. The summed E-state index contributed by atoms with van der Waals surface area (Å²) in [6, 6.07) is 0.121. The topological polar surface area (TPSA) is 38.5 Å². The molecule has 0 amide bonds. The molecule has 16 heavy (non-hydrogen) atoms. The third kappa shape index (κ3) is 2.10. The molecule has 0 bridgehead atoms. The predicted molar refractivity (Wildman–Crippen MR) is 65.3 cm³/mol. The maximum absolute atomic E-state index is 6.15. The van der Waals surface area contributed by atoms with Crippen LogP contribution in [0.1, 0.15) is 13.8 Å². The molecule has 0 aromatic carbocycles. The molecule has 2 atom stereocenters. The summed E-state index contributed by atoms with van der Waals surface area (Å²) in [6.07, 6.45) is 12.3. The number of hydroxylamine groups is 2. The van der Waals surface area contributed by atoms with Crippen LogP contribution < -0.4 is 5.73 Å². The van der Waals surface area contributed by atoms with Crippen LogP contribution in [0.3, 0.4) is 0 Å². The maximum atomic E-state index is 6.15. The number of hydrogen-bond acceptors (Lipinski definition) is 3. The highest BCUT2D eigenvalue weighted by Crippen LogP contribution is 2.26. The Hall–Kier alpha value is -1.32. The second kappa shape index (κ2) is 3.92. The van der Waals surface area contributed by atoms with Gasteiger partial charge in [0.1, 0.15) is 0 Å². The van der Waals surface area contributed by atoms with Gasteiger partial charge in [0.15, 0.2) is 0 Å². The van der Waals surface area contributed by atoms with Gasteiger partial charge in [0, 0.05) is 6.20 Å². The average Bonchev–Trinajstić information content (AvgIpc) is 2.32. The summed E-state index contributed by atoms with van der Waals surface area (Å²) in [7, 11) is 1.67. The Morgan fingerprint density at radius 1 is 1.50 bits per heavy atom. The number of allylic oxidation sites excluding steroid dienone is 2. The predicted octanol–water partition coefficient (Wildman–Crippen LogP) is 1.91. The molecular weight excluding hydrogens is 200 g/mol. The largest absolute Gasteiger partial charge is 0.319 e. The lowest BCUT2D eigenvalue weighted by Gasteiger charge is -2.28. The zero-order valence-corrected chi connectivity index (χ0v) is 9.97. The van der Waals surface area contributed by atoms with Crippen molar-refractivity contribution in [2.45, 2.75) is 25.4 Å². The molecule has 2 N–H and O–H groups in total. The maximum Gasteiger partial charge on any atom is 0.0990 e. The molecule has 0 saturated heterocycles. The van der Waals surface area contributed by atoms with Crippen molar-refractivity contribution in [2.75, 3.05) is 7.11 Å². The van der Waals surface area contributed by atoms with E-state index in [1.165, 1.54) is 11.1 Å². The lowest BCUT2D eigenvalue weighted by atomic mass is 9.93. The van der Waals surface area contributed by atoms with Gasteiger partial charge in [0.05, 0.1) is 18.7 Å². The Labute approximate surface area is 96.5 Å². The molecule has 1 aliphatic carbocycles. The number of rotatable bonds is 1. The summed E-state index contributed by atoms with van der Waals surface area (Å²) in [5, 5.41) is 1.81. The van der Waals surface area contributed by atoms with E-state index in [4.69, 9.17) is 10.6 Å². The van der Waals surface area contributed by atoms with Crippen LogP contribution in [0.2, 0.25) is 0 Å². The first-order valence-electron chi connectivity index (χ1n) is 5.42. The zero-order valence-electron chi connectivity index (χ0n) is 9.97. The molecule has 0 fully saturated rings. The Morgan fingerprint density at radius 3 is 2.94 bits per heavy atom. The monoisotopic (exact) mass is 218 g/mol. The molecule has 2 rings (SSSR count). The fourth-order valence-corrected chi connectivity index (χ4v) is 2.02. The summed E-state index contributed by atoms with van der Waals surface area (Å²) in [4.78, 5) is 5.34. The third-order valence-corrected chi connectivity index (χ3v) is 2.82. The van der Waals surface area contributed by atoms with Crippen LogP contribution in [0.5, 0.6) is 0 Å². The van der Waals surface area contributed by atoms with Gasteiger partial charge in [-0.1, -0.05) is 29.9 Å². The van der Waals surface area contributed by atoms with E-state index in [1.54, 1.807) is 7.11 Å². The van der Waals surface area contributed by atoms with E-state index in [0.29, 0.717) is 0 Å². The van der Waals surface area contributed by atoms with Crippen molar-refractivity contribution in [2.24, 2.45) is 5.73 Å². The van der Waals surface area contributed by atoms with Crippen LogP contribution in [0, 0.1) is 0 Å². The highest BCUT2D eigenvalue weighted by Gasteiger charge is 2.25. The second-order valence-corrected chi connectivity index (χ2v) is 4.56. The van der Waals surface area contributed by atoms with E-state index in [0.717, 1.165) is 0 Å². The molecule has 3 nitrogen and oxygen atoms in total. The number of nitrogens with zero attached hydrogens (tertiary/aromatic N) is 1. The minimum Gasteiger partial charge on any atom is -0.319 e. The molecule has 2 unspecified atom stereocenters. The van der Waals surface area contributed by atoms with Crippen LogP contribution in [-0.2, 0) is 4.84 Å². The van der Waals surface area contributed by atoms with E-state index < -0.39 is 5.54 Å². The molecule has 86 valence electrons. The zero-order chi connectivity index (χ0) is 11.8. The Bertz CT molecular complexity index is 402.